The molecule has 0 N–H and O–H groups in total. The summed E-state index contributed by atoms with van der Waals surface area (Å²) >= 11 is 1.61. The van der Waals surface area contributed by atoms with Gasteiger partial charge in [-0.25, -0.2) is 9.67 Å². The number of aryl methyl sites for hydroxylation is 1. The van der Waals surface area contributed by atoms with E-state index in [2.05, 4.69) is 5.10 Å². The quantitative estimate of drug-likeness (QED) is 0.747. The van der Waals surface area contributed by atoms with Gasteiger partial charge in [0.15, 0.2) is 5.65 Å². The number of fused-ring (bicyclic) bond motifs is 1. The Balaban J connectivity index is 2.29. The number of aromatic nitrogens is 3. The monoisotopic (exact) mass is 300 g/mol. The molecule has 3 rings (SSSR count). The summed E-state index contributed by atoms with van der Waals surface area (Å²) in [6, 6.07) is 5.85. The van der Waals surface area contributed by atoms with Crippen LogP contribution in [0.25, 0.3) is 21.6 Å². The van der Waals surface area contributed by atoms with Crippen molar-refractivity contribution in [2.24, 2.45) is 0 Å². The van der Waals surface area contributed by atoms with E-state index < -0.39 is 0 Å². The molecule has 21 heavy (non-hydrogen) atoms. The Hall–Kier alpha value is -2.21. The van der Waals surface area contributed by atoms with E-state index in [1.54, 1.807) is 36.5 Å². The Kier molecular flexibility index (Phi) is 3.47. The average molecular weight is 300 g/mol. The van der Waals surface area contributed by atoms with Crippen LogP contribution in [-0.4, -0.2) is 39.7 Å². The highest BCUT2D eigenvalue weighted by Crippen LogP contribution is 2.28. The van der Waals surface area contributed by atoms with E-state index in [4.69, 9.17) is 4.98 Å². The van der Waals surface area contributed by atoms with Crippen LogP contribution >= 0.6 is 11.3 Å². The molecular formula is C15H16N4OS. The summed E-state index contributed by atoms with van der Waals surface area (Å²) in [7, 11) is 3.51. The van der Waals surface area contributed by atoms with Crippen LogP contribution in [0.2, 0.25) is 0 Å². The normalized spacial score (nSPS) is 11.0. The molecule has 0 aromatic carbocycles. The molecule has 6 heteroatoms. The molecule has 3 aromatic heterocycles. The average Bonchev–Trinajstić information content (AvgIpc) is 3.14. The Morgan fingerprint density at radius 1 is 1.43 bits per heavy atom. The van der Waals surface area contributed by atoms with Crippen LogP contribution in [-0.2, 0) is 6.54 Å². The Morgan fingerprint density at radius 3 is 2.86 bits per heavy atom. The Bertz CT molecular complexity index is 789. The van der Waals surface area contributed by atoms with E-state index in [1.165, 1.54) is 0 Å². The summed E-state index contributed by atoms with van der Waals surface area (Å²) in [6.45, 7) is 2.74. The van der Waals surface area contributed by atoms with Gasteiger partial charge >= 0.3 is 0 Å². The molecule has 0 aliphatic heterocycles. The highest BCUT2D eigenvalue weighted by atomic mass is 32.1. The lowest BCUT2D eigenvalue weighted by molar-refractivity contribution is 0.0829. The first-order valence-electron chi connectivity index (χ1n) is 6.74. The summed E-state index contributed by atoms with van der Waals surface area (Å²) in [5.41, 5.74) is 2.22. The number of nitrogens with zero attached hydrogens (tertiary/aromatic N) is 4. The van der Waals surface area contributed by atoms with Gasteiger partial charge in [-0.05, 0) is 24.4 Å². The summed E-state index contributed by atoms with van der Waals surface area (Å²) in [6.07, 6.45) is 1.72. The third-order valence-electron chi connectivity index (χ3n) is 3.32. The van der Waals surface area contributed by atoms with Crippen molar-refractivity contribution in [3.05, 3.63) is 35.3 Å². The number of carbonyl (C=O) groups excluding carboxylic acids is 1. The van der Waals surface area contributed by atoms with E-state index >= 15 is 0 Å². The molecule has 3 aromatic rings. The zero-order valence-electron chi connectivity index (χ0n) is 12.2. The number of hydrogen-bond donors (Lipinski definition) is 0. The summed E-state index contributed by atoms with van der Waals surface area (Å²) < 4.78 is 1.82. The second kappa shape index (κ2) is 5.29. The lowest BCUT2D eigenvalue weighted by Crippen LogP contribution is -2.22. The van der Waals surface area contributed by atoms with Gasteiger partial charge < -0.3 is 4.90 Å². The minimum Gasteiger partial charge on any atom is -0.345 e. The van der Waals surface area contributed by atoms with Gasteiger partial charge in [0.1, 0.15) is 0 Å². The molecule has 0 saturated carbocycles. The largest absolute Gasteiger partial charge is 0.345 e. The minimum absolute atomic E-state index is 0.0316. The number of amides is 1. The van der Waals surface area contributed by atoms with Crippen molar-refractivity contribution in [1.82, 2.24) is 19.7 Å². The molecule has 108 valence electrons. The SMILES string of the molecule is CCn1ncc2c(C(=O)N(C)C)cc(-c3cccs3)nc21. The summed E-state index contributed by atoms with van der Waals surface area (Å²) in [4.78, 5) is 19.8. The van der Waals surface area contributed by atoms with Crippen LogP contribution in [0, 0.1) is 0 Å². The smallest absolute Gasteiger partial charge is 0.254 e. The van der Waals surface area contributed by atoms with Crippen LogP contribution in [0.5, 0.6) is 0 Å². The van der Waals surface area contributed by atoms with Crippen molar-refractivity contribution in [3.8, 4) is 10.6 Å². The maximum atomic E-state index is 12.4. The molecule has 0 saturated heterocycles. The second-order valence-electron chi connectivity index (χ2n) is 4.93. The topological polar surface area (TPSA) is 51.0 Å². The lowest BCUT2D eigenvalue weighted by Gasteiger charge is -2.12. The molecule has 0 unspecified atom stereocenters. The molecule has 0 aliphatic carbocycles. The van der Waals surface area contributed by atoms with E-state index in [1.807, 2.05) is 35.2 Å². The summed E-state index contributed by atoms with van der Waals surface area (Å²) in [5, 5.41) is 7.13. The first kappa shape index (κ1) is 13.8. The van der Waals surface area contributed by atoms with Gasteiger partial charge in [-0.15, -0.1) is 11.3 Å². The van der Waals surface area contributed by atoms with Crippen LogP contribution in [0.15, 0.2) is 29.8 Å². The van der Waals surface area contributed by atoms with Gasteiger partial charge in [0, 0.05) is 20.6 Å². The Labute approximate surface area is 126 Å². The van der Waals surface area contributed by atoms with Crippen molar-refractivity contribution in [3.63, 3.8) is 0 Å². The molecule has 0 aliphatic rings. The van der Waals surface area contributed by atoms with Gasteiger partial charge in [-0.3, -0.25) is 4.79 Å². The number of hydrogen-bond acceptors (Lipinski definition) is 4. The van der Waals surface area contributed by atoms with Gasteiger partial charge in [0.2, 0.25) is 0 Å². The van der Waals surface area contributed by atoms with Crippen molar-refractivity contribution in [2.75, 3.05) is 14.1 Å². The minimum atomic E-state index is -0.0316. The molecule has 1 amide bonds. The van der Waals surface area contributed by atoms with Crippen molar-refractivity contribution >= 4 is 28.3 Å². The molecule has 3 heterocycles. The standard InChI is InChI=1S/C15H16N4OS/c1-4-19-14-11(9-16-19)10(15(20)18(2)3)8-12(17-14)13-6-5-7-21-13/h5-9H,4H2,1-3H3. The molecular weight excluding hydrogens is 284 g/mol. The fraction of sp³-hybridized carbons (Fsp3) is 0.267. The van der Waals surface area contributed by atoms with E-state index in [0.717, 1.165) is 28.1 Å². The van der Waals surface area contributed by atoms with Gasteiger partial charge in [-0.1, -0.05) is 6.07 Å². The molecule has 0 bridgehead atoms. The zero-order valence-corrected chi connectivity index (χ0v) is 13.0. The molecule has 0 radical (unpaired) electrons. The maximum Gasteiger partial charge on any atom is 0.254 e. The van der Waals surface area contributed by atoms with Crippen molar-refractivity contribution in [1.29, 1.82) is 0 Å². The third-order valence-corrected chi connectivity index (χ3v) is 4.21. The predicted molar refractivity (Wildman–Crippen MR) is 84.5 cm³/mol. The van der Waals surface area contributed by atoms with E-state index in [-0.39, 0.29) is 5.91 Å². The molecule has 0 atom stereocenters. The van der Waals surface area contributed by atoms with Crippen molar-refractivity contribution < 1.29 is 4.79 Å². The number of carbonyl (C=O) groups is 1. The van der Waals surface area contributed by atoms with Crippen molar-refractivity contribution in [2.45, 2.75) is 13.5 Å². The highest BCUT2D eigenvalue weighted by molar-refractivity contribution is 7.13. The predicted octanol–water partition coefficient (Wildman–Crippen LogP) is 2.88. The third kappa shape index (κ3) is 2.31. The van der Waals surface area contributed by atoms with Crippen LogP contribution in [0.1, 0.15) is 17.3 Å². The maximum absolute atomic E-state index is 12.4. The molecule has 0 fully saturated rings. The lowest BCUT2D eigenvalue weighted by atomic mass is 10.1. The second-order valence-corrected chi connectivity index (χ2v) is 5.88. The van der Waals surface area contributed by atoms with E-state index in [9.17, 15) is 4.79 Å². The number of rotatable bonds is 3. The highest BCUT2D eigenvalue weighted by Gasteiger charge is 2.18. The van der Waals surface area contributed by atoms with Gasteiger partial charge in [-0.2, -0.15) is 5.10 Å². The van der Waals surface area contributed by atoms with Gasteiger partial charge in [0.25, 0.3) is 5.91 Å². The summed E-state index contributed by atoms with van der Waals surface area (Å²) in [5.74, 6) is -0.0316. The van der Waals surface area contributed by atoms with Gasteiger partial charge in [0.05, 0.1) is 27.7 Å². The first-order chi connectivity index (χ1) is 10.1. The van der Waals surface area contributed by atoms with Crippen LogP contribution in [0.4, 0.5) is 0 Å². The fourth-order valence-corrected chi connectivity index (χ4v) is 2.93. The van der Waals surface area contributed by atoms with Crippen LogP contribution < -0.4 is 0 Å². The first-order valence-corrected chi connectivity index (χ1v) is 7.62. The van der Waals surface area contributed by atoms with Crippen LogP contribution in [0.3, 0.4) is 0 Å². The fourth-order valence-electron chi connectivity index (χ4n) is 2.25. The number of thiophene rings is 1. The van der Waals surface area contributed by atoms with E-state index in [0.29, 0.717) is 5.56 Å². The Morgan fingerprint density at radius 2 is 2.24 bits per heavy atom. The zero-order chi connectivity index (χ0) is 15.0. The molecule has 5 nitrogen and oxygen atoms in total. The molecule has 0 spiro atoms. The number of pyridine rings is 1.